The lowest BCUT2D eigenvalue weighted by Crippen LogP contribution is -2.27. The molecule has 1 amide bonds. The van der Waals surface area contributed by atoms with Crippen molar-refractivity contribution in [3.8, 4) is 11.3 Å². The van der Waals surface area contributed by atoms with Crippen molar-refractivity contribution in [1.29, 1.82) is 0 Å². The van der Waals surface area contributed by atoms with Gasteiger partial charge in [0.05, 0.1) is 22.7 Å². The Bertz CT molecular complexity index is 957. The molecule has 1 unspecified atom stereocenters. The maximum absolute atomic E-state index is 12.6. The fraction of sp³-hybridized carbons (Fsp3) is 0.353. The van der Waals surface area contributed by atoms with Crippen molar-refractivity contribution in [2.75, 3.05) is 5.75 Å². The SMILES string of the molecule is CC(SCC(=O)NC1CC1)c1nc2scc(-c3ccco3)c2c(=O)[nH]1. The van der Waals surface area contributed by atoms with Gasteiger partial charge in [-0.3, -0.25) is 9.59 Å². The fourth-order valence-corrected chi connectivity index (χ4v) is 4.24. The molecule has 0 spiro atoms. The molecule has 3 aromatic rings. The number of H-pyrrole nitrogens is 1. The summed E-state index contributed by atoms with van der Waals surface area (Å²) in [6.45, 7) is 1.94. The summed E-state index contributed by atoms with van der Waals surface area (Å²) < 4.78 is 5.40. The smallest absolute Gasteiger partial charge is 0.260 e. The minimum atomic E-state index is -0.178. The van der Waals surface area contributed by atoms with E-state index < -0.39 is 0 Å². The van der Waals surface area contributed by atoms with Crippen LogP contribution in [-0.2, 0) is 4.79 Å². The lowest BCUT2D eigenvalue weighted by Gasteiger charge is -2.10. The molecule has 0 aromatic carbocycles. The summed E-state index contributed by atoms with van der Waals surface area (Å²) in [5.74, 6) is 1.65. The third-order valence-electron chi connectivity index (χ3n) is 4.04. The molecule has 130 valence electrons. The molecule has 1 saturated carbocycles. The van der Waals surface area contributed by atoms with Crippen LogP contribution in [0.25, 0.3) is 21.5 Å². The number of amides is 1. The molecule has 1 aliphatic carbocycles. The molecule has 1 fully saturated rings. The Morgan fingerprint density at radius 3 is 3.12 bits per heavy atom. The van der Waals surface area contributed by atoms with Crippen LogP contribution < -0.4 is 10.9 Å². The summed E-state index contributed by atoms with van der Waals surface area (Å²) in [6, 6.07) is 3.98. The normalized spacial score (nSPS) is 15.4. The molecule has 1 aliphatic rings. The van der Waals surface area contributed by atoms with Gasteiger partial charge in [0, 0.05) is 17.0 Å². The molecule has 4 rings (SSSR count). The highest BCUT2D eigenvalue weighted by molar-refractivity contribution is 8.00. The zero-order valence-corrected chi connectivity index (χ0v) is 15.2. The van der Waals surface area contributed by atoms with Gasteiger partial charge in [0.1, 0.15) is 16.4 Å². The molecule has 3 aromatic heterocycles. The van der Waals surface area contributed by atoms with Crippen LogP contribution in [0.15, 0.2) is 33.0 Å². The molecule has 2 N–H and O–H groups in total. The minimum Gasteiger partial charge on any atom is -0.464 e. The van der Waals surface area contributed by atoms with E-state index in [0.29, 0.717) is 33.6 Å². The van der Waals surface area contributed by atoms with Gasteiger partial charge >= 0.3 is 0 Å². The molecule has 0 saturated heterocycles. The second-order valence-electron chi connectivity index (χ2n) is 6.05. The number of thioether (sulfide) groups is 1. The van der Waals surface area contributed by atoms with E-state index in [2.05, 4.69) is 15.3 Å². The average molecular weight is 375 g/mol. The van der Waals surface area contributed by atoms with Crippen molar-refractivity contribution in [3.05, 3.63) is 40.0 Å². The Kier molecular flexibility index (Phi) is 4.39. The number of thiophene rings is 1. The van der Waals surface area contributed by atoms with Gasteiger partial charge < -0.3 is 14.7 Å². The van der Waals surface area contributed by atoms with Crippen molar-refractivity contribution in [2.24, 2.45) is 0 Å². The lowest BCUT2D eigenvalue weighted by molar-refractivity contribution is -0.118. The van der Waals surface area contributed by atoms with Crippen LogP contribution in [0.2, 0.25) is 0 Å². The number of hydrogen-bond acceptors (Lipinski definition) is 6. The van der Waals surface area contributed by atoms with Crippen LogP contribution in [-0.4, -0.2) is 27.7 Å². The lowest BCUT2D eigenvalue weighted by atomic mass is 10.2. The molecular formula is C17H17N3O3S2. The van der Waals surface area contributed by atoms with Crippen LogP contribution in [0.4, 0.5) is 0 Å². The van der Waals surface area contributed by atoms with Gasteiger partial charge in [-0.1, -0.05) is 0 Å². The van der Waals surface area contributed by atoms with E-state index in [-0.39, 0.29) is 16.7 Å². The van der Waals surface area contributed by atoms with E-state index in [0.717, 1.165) is 18.4 Å². The number of aromatic amines is 1. The largest absolute Gasteiger partial charge is 0.464 e. The predicted octanol–water partition coefficient (Wildman–Crippen LogP) is 3.32. The molecule has 3 heterocycles. The Balaban J connectivity index is 1.54. The second kappa shape index (κ2) is 6.68. The number of nitrogens with zero attached hydrogens (tertiary/aromatic N) is 1. The van der Waals surface area contributed by atoms with Crippen molar-refractivity contribution in [3.63, 3.8) is 0 Å². The molecule has 0 radical (unpaired) electrons. The Hall–Kier alpha value is -2.06. The van der Waals surface area contributed by atoms with E-state index >= 15 is 0 Å². The third-order valence-corrected chi connectivity index (χ3v) is 6.07. The average Bonchev–Trinajstić information content (AvgIpc) is 3.09. The van der Waals surface area contributed by atoms with Gasteiger partial charge in [-0.05, 0) is 31.9 Å². The Morgan fingerprint density at radius 2 is 2.40 bits per heavy atom. The van der Waals surface area contributed by atoms with Crippen LogP contribution >= 0.6 is 23.1 Å². The molecule has 1 atom stereocenters. The van der Waals surface area contributed by atoms with E-state index in [4.69, 9.17) is 4.42 Å². The molecule has 0 bridgehead atoms. The number of furan rings is 1. The van der Waals surface area contributed by atoms with E-state index in [1.165, 1.54) is 23.1 Å². The maximum Gasteiger partial charge on any atom is 0.260 e. The van der Waals surface area contributed by atoms with E-state index in [1.807, 2.05) is 18.4 Å². The molecule has 0 aliphatic heterocycles. The quantitative estimate of drug-likeness (QED) is 0.690. The monoisotopic (exact) mass is 375 g/mol. The summed E-state index contributed by atoms with van der Waals surface area (Å²) in [6.07, 6.45) is 3.74. The van der Waals surface area contributed by atoms with Crippen LogP contribution in [0.5, 0.6) is 0 Å². The molecular weight excluding hydrogens is 358 g/mol. The number of rotatable bonds is 6. The van der Waals surface area contributed by atoms with E-state index in [9.17, 15) is 9.59 Å². The van der Waals surface area contributed by atoms with Gasteiger partial charge in [0.2, 0.25) is 5.91 Å². The van der Waals surface area contributed by atoms with Gasteiger partial charge in [-0.25, -0.2) is 4.98 Å². The number of fused-ring (bicyclic) bond motifs is 1. The minimum absolute atomic E-state index is 0.0407. The van der Waals surface area contributed by atoms with Gasteiger partial charge in [0.25, 0.3) is 5.56 Å². The van der Waals surface area contributed by atoms with Crippen molar-refractivity contribution in [1.82, 2.24) is 15.3 Å². The first-order chi connectivity index (χ1) is 12.1. The topological polar surface area (TPSA) is 88.0 Å². The second-order valence-corrected chi connectivity index (χ2v) is 8.24. The van der Waals surface area contributed by atoms with Crippen LogP contribution in [0, 0.1) is 0 Å². The first-order valence-electron chi connectivity index (χ1n) is 8.08. The van der Waals surface area contributed by atoms with Crippen molar-refractivity contribution in [2.45, 2.75) is 31.1 Å². The predicted molar refractivity (Wildman–Crippen MR) is 100.0 cm³/mol. The molecule has 25 heavy (non-hydrogen) atoms. The maximum atomic E-state index is 12.6. The highest BCUT2D eigenvalue weighted by Gasteiger charge is 2.24. The van der Waals surface area contributed by atoms with Gasteiger partial charge in [0.15, 0.2) is 0 Å². The van der Waals surface area contributed by atoms with Crippen molar-refractivity contribution >= 4 is 39.2 Å². The zero-order chi connectivity index (χ0) is 17.4. The Labute approximate surface area is 152 Å². The summed E-state index contributed by atoms with van der Waals surface area (Å²) in [5.41, 5.74) is 0.581. The summed E-state index contributed by atoms with van der Waals surface area (Å²) in [7, 11) is 0. The van der Waals surface area contributed by atoms with Crippen LogP contribution in [0.3, 0.4) is 0 Å². The number of hydrogen-bond donors (Lipinski definition) is 2. The number of nitrogens with one attached hydrogen (secondary N) is 2. The summed E-state index contributed by atoms with van der Waals surface area (Å²) >= 11 is 2.89. The number of carbonyl (C=O) groups excluding carboxylic acids is 1. The first kappa shape index (κ1) is 16.4. The highest BCUT2D eigenvalue weighted by atomic mass is 32.2. The zero-order valence-electron chi connectivity index (χ0n) is 13.6. The van der Waals surface area contributed by atoms with Gasteiger partial charge in [-0.2, -0.15) is 0 Å². The summed E-state index contributed by atoms with van der Waals surface area (Å²) in [5, 5.41) is 5.32. The Morgan fingerprint density at radius 1 is 1.56 bits per heavy atom. The third kappa shape index (κ3) is 3.50. The number of carbonyl (C=O) groups is 1. The molecule has 6 nitrogen and oxygen atoms in total. The number of aromatic nitrogens is 2. The fourth-order valence-electron chi connectivity index (χ4n) is 2.55. The molecule has 8 heteroatoms. The van der Waals surface area contributed by atoms with Gasteiger partial charge in [-0.15, -0.1) is 23.1 Å². The van der Waals surface area contributed by atoms with E-state index in [1.54, 1.807) is 12.3 Å². The van der Waals surface area contributed by atoms with Crippen molar-refractivity contribution < 1.29 is 9.21 Å². The summed E-state index contributed by atoms with van der Waals surface area (Å²) in [4.78, 5) is 32.5. The highest BCUT2D eigenvalue weighted by Crippen LogP contribution is 2.32. The first-order valence-corrected chi connectivity index (χ1v) is 10.0. The standard InChI is InChI=1S/C17H17N3O3S2/c1-9(24-8-13(21)18-10-4-5-10)15-19-16(22)14-11(7-25-17(14)20-15)12-3-2-6-23-12/h2-3,6-7,9-10H,4-5,8H2,1H3,(H,18,21)(H,19,20,22). The van der Waals surface area contributed by atoms with Crippen LogP contribution in [0.1, 0.15) is 30.8 Å².